The third-order valence-electron chi connectivity index (χ3n) is 7.05. The third kappa shape index (κ3) is 11.4. The highest BCUT2D eigenvalue weighted by atomic mass is 16.8. The predicted molar refractivity (Wildman–Crippen MR) is 142 cm³/mol. The number of unbranched alkanes of at least 4 members (excludes halogenated alkanes) is 9. The molecule has 0 spiro atoms. The number of carbonyl (C=O) groups is 2. The average Bonchev–Trinajstić information content (AvgIpc) is 3.21. The van der Waals surface area contributed by atoms with Crippen LogP contribution in [0.1, 0.15) is 116 Å². The van der Waals surface area contributed by atoms with Gasteiger partial charge in [-0.1, -0.05) is 102 Å². The van der Waals surface area contributed by atoms with Crippen LogP contribution in [0.2, 0.25) is 0 Å². The fraction of sp³-hybridized carbons (Fsp3) is 0.733. The first-order valence-corrected chi connectivity index (χ1v) is 14.0. The Kier molecular flexibility index (Phi) is 12.9. The van der Waals surface area contributed by atoms with Crippen molar-refractivity contribution in [3.8, 4) is 0 Å². The van der Waals surface area contributed by atoms with E-state index in [1.54, 1.807) is 0 Å². The Morgan fingerprint density at radius 2 is 1.17 bits per heavy atom. The van der Waals surface area contributed by atoms with E-state index < -0.39 is 29.9 Å². The zero-order valence-electron chi connectivity index (χ0n) is 22.7. The van der Waals surface area contributed by atoms with Gasteiger partial charge in [-0.15, -0.1) is 0 Å². The van der Waals surface area contributed by atoms with Crippen LogP contribution in [0.15, 0.2) is 30.3 Å². The van der Waals surface area contributed by atoms with Gasteiger partial charge in [0, 0.05) is 12.8 Å². The molecule has 1 saturated heterocycles. The van der Waals surface area contributed by atoms with Crippen LogP contribution < -0.4 is 0 Å². The molecule has 204 valence electrons. The van der Waals surface area contributed by atoms with Gasteiger partial charge in [0.1, 0.15) is 0 Å². The number of hydrogen-bond donors (Lipinski definition) is 2. The molecule has 2 rings (SSSR count). The van der Waals surface area contributed by atoms with E-state index in [0.29, 0.717) is 18.3 Å². The molecule has 0 saturated carbocycles. The highest BCUT2D eigenvalue weighted by Gasteiger charge is 2.53. The molecule has 0 radical (unpaired) electrons. The van der Waals surface area contributed by atoms with E-state index in [9.17, 15) is 19.8 Å². The van der Waals surface area contributed by atoms with Crippen molar-refractivity contribution in [1.82, 2.24) is 0 Å². The summed E-state index contributed by atoms with van der Waals surface area (Å²) >= 11 is 0. The molecule has 36 heavy (non-hydrogen) atoms. The molecule has 6 nitrogen and oxygen atoms in total. The standard InChI is InChI=1S/C30H48O6/c1-29(2,3)21-15-8-6-4-5-7-9-16-22-30(35-25(27(31)32)26(36-30)28(33)34)23-17-11-14-20-24-18-12-10-13-19-24/h10,12-13,18-19,25-26H,4-9,11,14-17,20-23H2,1-3H3,(H,31,32)(H,33,34)/t25-,26-/m1/s1. The normalized spacial score (nSPS) is 19.4. The van der Waals surface area contributed by atoms with Gasteiger partial charge in [-0.3, -0.25) is 0 Å². The van der Waals surface area contributed by atoms with Gasteiger partial charge in [0.25, 0.3) is 0 Å². The number of benzene rings is 1. The summed E-state index contributed by atoms with van der Waals surface area (Å²) in [4.78, 5) is 23.3. The molecule has 1 aliphatic heterocycles. The molecule has 6 heteroatoms. The maximum atomic E-state index is 11.6. The molecular weight excluding hydrogens is 456 g/mol. The molecule has 0 bridgehead atoms. The van der Waals surface area contributed by atoms with E-state index in [-0.39, 0.29) is 0 Å². The van der Waals surface area contributed by atoms with Crippen molar-refractivity contribution < 1.29 is 29.3 Å². The summed E-state index contributed by atoms with van der Waals surface area (Å²) in [5, 5.41) is 19.0. The predicted octanol–water partition coefficient (Wildman–Crippen LogP) is 7.39. The van der Waals surface area contributed by atoms with E-state index in [1.165, 1.54) is 44.1 Å². The summed E-state index contributed by atoms with van der Waals surface area (Å²) in [6.07, 6.45) is 12.4. The zero-order chi connectivity index (χ0) is 26.4. The number of rotatable bonds is 18. The van der Waals surface area contributed by atoms with Crippen molar-refractivity contribution in [1.29, 1.82) is 0 Å². The average molecular weight is 505 g/mol. The zero-order valence-corrected chi connectivity index (χ0v) is 22.7. The fourth-order valence-corrected chi connectivity index (χ4v) is 4.99. The van der Waals surface area contributed by atoms with Crippen LogP contribution in [-0.4, -0.2) is 40.1 Å². The summed E-state index contributed by atoms with van der Waals surface area (Å²) in [5.41, 5.74) is 1.72. The molecule has 1 fully saturated rings. The lowest BCUT2D eigenvalue weighted by molar-refractivity contribution is -0.195. The van der Waals surface area contributed by atoms with Gasteiger partial charge in [0.15, 0.2) is 18.0 Å². The van der Waals surface area contributed by atoms with Gasteiger partial charge in [0.2, 0.25) is 0 Å². The molecule has 1 heterocycles. The summed E-state index contributed by atoms with van der Waals surface area (Å²) in [7, 11) is 0. The quantitative estimate of drug-likeness (QED) is 0.203. The smallest absolute Gasteiger partial charge is 0.336 e. The largest absolute Gasteiger partial charge is 0.479 e. The topological polar surface area (TPSA) is 93.1 Å². The Labute approximate surface area is 217 Å². The maximum Gasteiger partial charge on any atom is 0.336 e. The Morgan fingerprint density at radius 1 is 0.722 bits per heavy atom. The number of aryl methyl sites for hydroxylation is 1. The molecule has 2 atom stereocenters. The van der Waals surface area contributed by atoms with E-state index >= 15 is 0 Å². The summed E-state index contributed by atoms with van der Waals surface area (Å²) in [6, 6.07) is 10.3. The maximum absolute atomic E-state index is 11.6. The van der Waals surface area contributed by atoms with E-state index in [2.05, 4.69) is 32.9 Å². The Bertz CT molecular complexity index is 747. The first-order chi connectivity index (χ1) is 17.1. The van der Waals surface area contributed by atoms with Crippen LogP contribution in [0.5, 0.6) is 0 Å². The van der Waals surface area contributed by atoms with Crippen molar-refractivity contribution in [2.45, 2.75) is 135 Å². The third-order valence-corrected chi connectivity index (χ3v) is 7.05. The monoisotopic (exact) mass is 504 g/mol. The Morgan fingerprint density at radius 3 is 1.64 bits per heavy atom. The Balaban J connectivity index is 1.75. The number of carboxylic acids is 2. The highest BCUT2D eigenvalue weighted by molar-refractivity contribution is 5.84. The minimum absolute atomic E-state index is 0.418. The van der Waals surface area contributed by atoms with Gasteiger partial charge < -0.3 is 19.7 Å². The summed E-state index contributed by atoms with van der Waals surface area (Å²) in [5.74, 6) is -3.68. The van der Waals surface area contributed by atoms with Crippen molar-refractivity contribution in [2.75, 3.05) is 0 Å². The molecule has 0 aromatic heterocycles. The van der Waals surface area contributed by atoms with Crippen LogP contribution in [0.25, 0.3) is 0 Å². The lowest BCUT2D eigenvalue weighted by atomic mass is 9.89. The number of carboxylic acid groups (broad SMARTS) is 2. The van der Waals surface area contributed by atoms with Gasteiger partial charge in [-0.05, 0) is 43.1 Å². The molecule has 1 aromatic carbocycles. The fourth-order valence-electron chi connectivity index (χ4n) is 4.99. The number of ether oxygens (including phenoxy) is 2. The molecule has 0 unspecified atom stereocenters. The first kappa shape index (κ1) is 30.3. The molecule has 0 amide bonds. The van der Waals surface area contributed by atoms with Crippen molar-refractivity contribution in [3.63, 3.8) is 0 Å². The van der Waals surface area contributed by atoms with Crippen molar-refractivity contribution >= 4 is 11.9 Å². The lowest BCUT2D eigenvalue weighted by Gasteiger charge is -2.28. The van der Waals surface area contributed by atoms with Crippen LogP contribution in [-0.2, 0) is 25.5 Å². The summed E-state index contributed by atoms with van der Waals surface area (Å²) in [6.45, 7) is 6.87. The van der Waals surface area contributed by atoms with Gasteiger partial charge in [-0.25, -0.2) is 9.59 Å². The van der Waals surface area contributed by atoms with Crippen LogP contribution >= 0.6 is 0 Å². The van der Waals surface area contributed by atoms with Crippen molar-refractivity contribution in [3.05, 3.63) is 35.9 Å². The lowest BCUT2D eigenvalue weighted by Crippen LogP contribution is -2.36. The summed E-state index contributed by atoms with van der Waals surface area (Å²) < 4.78 is 11.7. The van der Waals surface area contributed by atoms with Crippen LogP contribution in [0, 0.1) is 5.41 Å². The number of aliphatic carboxylic acids is 2. The number of hydrogen-bond acceptors (Lipinski definition) is 4. The van der Waals surface area contributed by atoms with E-state index in [4.69, 9.17) is 9.47 Å². The van der Waals surface area contributed by atoms with E-state index in [1.807, 2.05) is 18.2 Å². The van der Waals surface area contributed by atoms with Crippen molar-refractivity contribution in [2.24, 2.45) is 5.41 Å². The first-order valence-electron chi connectivity index (χ1n) is 14.0. The minimum atomic E-state index is -1.46. The van der Waals surface area contributed by atoms with Crippen LogP contribution in [0.3, 0.4) is 0 Å². The second-order valence-electron chi connectivity index (χ2n) is 11.6. The molecule has 1 aliphatic rings. The molecular formula is C30H48O6. The second kappa shape index (κ2) is 15.4. The van der Waals surface area contributed by atoms with E-state index in [0.717, 1.165) is 44.9 Å². The highest BCUT2D eigenvalue weighted by Crippen LogP contribution is 2.38. The molecule has 1 aromatic rings. The molecule has 2 N–H and O–H groups in total. The molecule has 0 aliphatic carbocycles. The van der Waals surface area contributed by atoms with Crippen LogP contribution in [0.4, 0.5) is 0 Å². The SMILES string of the molecule is CC(C)(C)CCCCCCCCCCC1(CCCCCc2ccccc2)O[C@@H](C(=O)O)[C@H](C(=O)O)O1. The Hall–Kier alpha value is -1.92. The minimum Gasteiger partial charge on any atom is -0.479 e. The van der Waals surface area contributed by atoms with Gasteiger partial charge in [0.05, 0.1) is 0 Å². The second-order valence-corrected chi connectivity index (χ2v) is 11.6. The van der Waals surface area contributed by atoms with Gasteiger partial charge in [-0.2, -0.15) is 0 Å². The van der Waals surface area contributed by atoms with Gasteiger partial charge >= 0.3 is 11.9 Å².